The van der Waals surface area contributed by atoms with Crippen LogP contribution in [0.4, 0.5) is 5.69 Å². The zero-order valence-corrected chi connectivity index (χ0v) is 8.26. The van der Waals surface area contributed by atoms with Crippen molar-refractivity contribution in [2.75, 3.05) is 7.11 Å². The number of hydrogen-bond donors (Lipinski definition) is 1. The Labute approximate surface area is 90.2 Å². The minimum absolute atomic E-state index is 0.119. The summed E-state index contributed by atoms with van der Waals surface area (Å²) in [6.45, 7) is 0. The summed E-state index contributed by atoms with van der Waals surface area (Å²) in [6.07, 6.45) is 0. The van der Waals surface area contributed by atoms with Crippen LogP contribution >= 0.6 is 0 Å². The minimum atomic E-state index is -1.02. The lowest BCUT2D eigenvalue weighted by Gasteiger charge is -2.04. The Hall–Kier alpha value is -2.62. The fraction of sp³-hybridized carbons (Fsp3) is 0.111. The molecule has 82 valence electrons. The predicted octanol–water partition coefficient (Wildman–Crippen LogP) is 0.574. The summed E-state index contributed by atoms with van der Waals surface area (Å²) < 4.78 is 4.77. The summed E-state index contributed by atoms with van der Waals surface area (Å²) in [6, 6.07) is 3.92. The number of rotatable bonds is 3. The molecule has 0 heterocycles. The molecule has 0 aromatic heterocycles. The largest absolute Gasteiger partial charge is 0.496 e. The molecule has 0 radical (unpaired) electrons. The normalized spacial score (nSPS) is 9.25. The van der Waals surface area contributed by atoms with E-state index in [4.69, 9.17) is 15.7 Å². The molecule has 0 fully saturated rings. The van der Waals surface area contributed by atoms with Gasteiger partial charge in [-0.05, 0) is 6.07 Å². The molecular weight excluding hydrogens is 214 g/mol. The van der Waals surface area contributed by atoms with Gasteiger partial charge in [-0.15, -0.1) is 0 Å². The van der Waals surface area contributed by atoms with Crippen molar-refractivity contribution >= 4 is 11.6 Å². The molecule has 1 rings (SSSR count). The number of benzene rings is 1. The second-order valence-electron chi connectivity index (χ2n) is 2.80. The van der Waals surface area contributed by atoms with E-state index in [9.17, 15) is 14.9 Å². The van der Waals surface area contributed by atoms with Gasteiger partial charge in [0.15, 0.2) is 0 Å². The van der Waals surface area contributed by atoms with Crippen LogP contribution in [0.1, 0.15) is 15.9 Å². The van der Waals surface area contributed by atoms with Gasteiger partial charge in [0.25, 0.3) is 11.6 Å². The van der Waals surface area contributed by atoms with Crippen molar-refractivity contribution in [2.45, 2.75) is 0 Å². The highest BCUT2D eigenvalue weighted by Gasteiger charge is 2.24. The number of nitriles is 1. The molecule has 0 aliphatic rings. The molecule has 1 aromatic rings. The number of hydrogen-bond acceptors (Lipinski definition) is 5. The van der Waals surface area contributed by atoms with E-state index in [0.717, 1.165) is 6.07 Å². The van der Waals surface area contributed by atoms with Crippen molar-refractivity contribution in [2.24, 2.45) is 5.73 Å². The van der Waals surface area contributed by atoms with E-state index in [1.807, 2.05) is 0 Å². The molecule has 7 heteroatoms. The number of carbonyl (C=O) groups is 1. The Balaban J connectivity index is 3.62. The summed E-state index contributed by atoms with van der Waals surface area (Å²) >= 11 is 0. The Morgan fingerprint density at radius 1 is 1.62 bits per heavy atom. The third-order valence-corrected chi connectivity index (χ3v) is 1.89. The van der Waals surface area contributed by atoms with Gasteiger partial charge in [-0.25, -0.2) is 0 Å². The summed E-state index contributed by atoms with van der Waals surface area (Å²) in [5, 5.41) is 19.5. The van der Waals surface area contributed by atoms with Gasteiger partial charge in [-0.2, -0.15) is 5.26 Å². The lowest BCUT2D eigenvalue weighted by Crippen LogP contribution is -2.15. The standard InChI is InChI=1S/C9H7N3O4/c1-16-6-2-5(4-10)8(9(11)13)7(3-6)12(14)15/h2-3H,1H3,(H2,11,13). The molecule has 0 atom stereocenters. The first kappa shape index (κ1) is 11.5. The third kappa shape index (κ3) is 1.90. The summed E-state index contributed by atoms with van der Waals surface area (Å²) in [5.41, 5.74) is 3.86. The van der Waals surface area contributed by atoms with Crippen LogP contribution in [0.15, 0.2) is 12.1 Å². The van der Waals surface area contributed by atoms with Gasteiger partial charge in [-0.3, -0.25) is 14.9 Å². The number of carbonyl (C=O) groups excluding carboxylic acids is 1. The maximum absolute atomic E-state index is 11.0. The highest BCUT2D eigenvalue weighted by atomic mass is 16.6. The van der Waals surface area contributed by atoms with Gasteiger partial charge >= 0.3 is 0 Å². The van der Waals surface area contributed by atoms with Crippen LogP contribution in [0.5, 0.6) is 5.75 Å². The number of nitro groups is 1. The zero-order valence-electron chi connectivity index (χ0n) is 8.26. The summed E-state index contributed by atoms with van der Waals surface area (Å²) in [4.78, 5) is 20.9. The van der Waals surface area contributed by atoms with Gasteiger partial charge in [0.2, 0.25) is 0 Å². The molecule has 0 aliphatic carbocycles. The average Bonchev–Trinajstić information content (AvgIpc) is 2.26. The zero-order chi connectivity index (χ0) is 12.3. The Kier molecular flexibility index (Phi) is 3.06. The van der Waals surface area contributed by atoms with Crippen LogP contribution in [-0.4, -0.2) is 17.9 Å². The number of ether oxygens (including phenoxy) is 1. The monoisotopic (exact) mass is 221 g/mol. The van der Waals surface area contributed by atoms with Gasteiger partial charge in [0, 0.05) is 0 Å². The van der Waals surface area contributed by atoms with Gasteiger partial charge in [-0.1, -0.05) is 0 Å². The molecule has 7 nitrogen and oxygen atoms in total. The molecule has 0 unspecified atom stereocenters. The molecule has 2 N–H and O–H groups in total. The van der Waals surface area contributed by atoms with Crippen LogP contribution in [-0.2, 0) is 0 Å². The van der Waals surface area contributed by atoms with Crippen molar-refractivity contribution in [3.8, 4) is 11.8 Å². The lowest BCUT2D eigenvalue weighted by molar-refractivity contribution is -0.385. The fourth-order valence-electron chi connectivity index (χ4n) is 1.21. The van der Waals surface area contributed by atoms with E-state index in [-0.39, 0.29) is 11.3 Å². The van der Waals surface area contributed by atoms with E-state index in [1.54, 1.807) is 6.07 Å². The number of nitrogens with two attached hydrogens (primary N) is 1. The van der Waals surface area contributed by atoms with E-state index in [0.29, 0.717) is 0 Å². The Morgan fingerprint density at radius 3 is 2.62 bits per heavy atom. The van der Waals surface area contributed by atoms with Crippen LogP contribution in [0.25, 0.3) is 0 Å². The lowest BCUT2D eigenvalue weighted by atomic mass is 10.1. The molecule has 0 spiro atoms. The van der Waals surface area contributed by atoms with Crippen LogP contribution in [0, 0.1) is 21.4 Å². The Bertz CT molecular complexity index is 504. The first-order valence-corrected chi connectivity index (χ1v) is 4.07. The van der Waals surface area contributed by atoms with Gasteiger partial charge in [0.05, 0.1) is 23.7 Å². The summed E-state index contributed by atoms with van der Waals surface area (Å²) in [5.74, 6) is -0.904. The maximum atomic E-state index is 11.0. The smallest absolute Gasteiger partial charge is 0.287 e. The molecule has 0 saturated heterocycles. The second kappa shape index (κ2) is 4.27. The van der Waals surface area contributed by atoms with E-state index < -0.39 is 22.1 Å². The van der Waals surface area contributed by atoms with E-state index in [2.05, 4.69) is 0 Å². The molecular formula is C9H7N3O4. The number of methoxy groups -OCH3 is 1. The molecule has 1 aromatic carbocycles. The van der Waals surface area contributed by atoms with Crippen molar-refractivity contribution in [3.05, 3.63) is 33.4 Å². The highest BCUT2D eigenvalue weighted by Crippen LogP contribution is 2.27. The number of amides is 1. The van der Waals surface area contributed by atoms with Crippen molar-refractivity contribution in [1.29, 1.82) is 5.26 Å². The first-order chi connectivity index (χ1) is 7.51. The van der Waals surface area contributed by atoms with E-state index >= 15 is 0 Å². The van der Waals surface area contributed by atoms with Crippen molar-refractivity contribution in [3.63, 3.8) is 0 Å². The molecule has 0 saturated carbocycles. The molecule has 0 aliphatic heterocycles. The van der Waals surface area contributed by atoms with Crippen LogP contribution < -0.4 is 10.5 Å². The second-order valence-corrected chi connectivity index (χ2v) is 2.80. The number of nitro benzene ring substituents is 1. The highest BCUT2D eigenvalue weighted by molar-refractivity contribution is 5.99. The SMILES string of the molecule is COc1cc(C#N)c(C(N)=O)c([N+](=O)[O-])c1. The Morgan fingerprint density at radius 2 is 2.25 bits per heavy atom. The maximum Gasteiger partial charge on any atom is 0.287 e. The third-order valence-electron chi connectivity index (χ3n) is 1.89. The topological polar surface area (TPSA) is 119 Å². The van der Waals surface area contributed by atoms with E-state index in [1.165, 1.54) is 13.2 Å². The van der Waals surface area contributed by atoms with Crippen LogP contribution in [0.3, 0.4) is 0 Å². The molecule has 0 bridgehead atoms. The number of primary amides is 1. The van der Waals surface area contributed by atoms with Crippen molar-refractivity contribution in [1.82, 2.24) is 0 Å². The van der Waals surface area contributed by atoms with Gasteiger partial charge < -0.3 is 10.5 Å². The van der Waals surface area contributed by atoms with Crippen molar-refractivity contribution < 1.29 is 14.5 Å². The molecule has 16 heavy (non-hydrogen) atoms. The van der Waals surface area contributed by atoms with Crippen LogP contribution in [0.2, 0.25) is 0 Å². The minimum Gasteiger partial charge on any atom is -0.496 e. The average molecular weight is 221 g/mol. The summed E-state index contributed by atoms with van der Waals surface area (Å²) in [7, 11) is 1.30. The van der Waals surface area contributed by atoms with Gasteiger partial charge in [0.1, 0.15) is 17.4 Å². The quantitative estimate of drug-likeness (QED) is 0.591. The first-order valence-electron chi connectivity index (χ1n) is 4.07. The fourth-order valence-corrected chi connectivity index (χ4v) is 1.21. The molecule has 1 amide bonds. The number of nitrogens with zero attached hydrogens (tertiary/aromatic N) is 2. The predicted molar refractivity (Wildman–Crippen MR) is 52.9 cm³/mol.